The molecule has 1 N–H and O–H groups in total. The largest absolute Gasteiger partial charge is 0.490 e. The van der Waals surface area contributed by atoms with Gasteiger partial charge >= 0.3 is 0 Å². The Morgan fingerprint density at radius 1 is 1.15 bits per heavy atom. The first-order valence-electron chi connectivity index (χ1n) is 7.30. The van der Waals surface area contributed by atoms with Gasteiger partial charge in [0, 0.05) is 0 Å². The van der Waals surface area contributed by atoms with Crippen molar-refractivity contribution >= 4 is 5.91 Å². The van der Waals surface area contributed by atoms with Gasteiger partial charge in [0.05, 0.1) is 25.2 Å². The summed E-state index contributed by atoms with van der Waals surface area (Å²) >= 11 is 0. The minimum absolute atomic E-state index is 0.0924. The van der Waals surface area contributed by atoms with Gasteiger partial charge in [-0.3, -0.25) is 4.79 Å². The summed E-state index contributed by atoms with van der Waals surface area (Å²) in [6.45, 7) is 7.51. The first-order valence-corrected chi connectivity index (χ1v) is 7.30. The molecule has 0 spiro atoms. The topological polar surface area (TPSA) is 47.6 Å². The molecule has 2 rings (SSSR count). The van der Waals surface area contributed by atoms with E-state index in [1.807, 2.05) is 25.1 Å². The second-order valence-corrected chi connectivity index (χ2v) is 5.42. The number of ether oxygens (including phenoxy) is 2. The van der Waals surface area contributed by atoms with E-state index < -0.39 is 0 Å². The van der Waals surface area contributed by atoms with Gasteiger partial charge in [0.2, 0.25) is 5.91 Å². The Balaban J connectivity index is 2.20. The molecule has 0 bridgehead atoms. The predicted octanol–water partition coefficient (Wildman–Crippen LogP) is 3.00. The number of β-lactam (4-membered cyclic amide) rings is 1. The number of carbonyl (C=O) groups excluding carboxylic acids is 1. The summed E-state index contributed by atoms with van der Waals surface area (Å²) in [6.07, 6.45) is 2.43. The molecule has 4 nitrogen and oxygen atoms in total. The van der Waals surface area contributed by atoms with Crippen LogP contribution in [-0.4, -0.2) is 19.1 Å². The molecule has 1 fully saturated rings. The van der Waals surface area contributed by atoms with Gasteiger partial charge in [0.1, 0.15) is 0 Å². The van der Waals surface area contributed by atoms with Crippen LogP contribution < -0.4 is 14.8 Å². The fourth-order valence-corrected chi connectivity index (χ4v) is 2.29. The Labute approximate surface area is 120 Å². The van der Waals surface area contributed by atoms with Crippen molar-refractivity contribution < 1.29 is 14.3 Å². The molecular weight excluding hydrogens is 254 g/mol. The summed E-state index contributed by atoms with van der Waals surface area (Å²) in [5.74, 6) is 1.63. The number of rotatable bonds is 7. The third-order valence-corrected chi connectivity index (χ3v) is 3.43. The molecule has 1 aliphatic heterocycles. The van der Waals surface area contributed by atoms with E-state index in [9.17, 15) is 4.79 Å². The van der Waals surface area contributed by atoms with Gasteiger partial charge in [-0.05, 0) is 37.5 Å². The molecule has 1 aromatic carbocycles. The van der Waals surface area contributed by atoms with Crippen LogP contribution in [0.5, 0.6) is 11.5 Å². The zero-order valence-corrected chi connectivity index (χ0v) is 12.5. The van der Waals surface area contributed by atoms with E-state index in [2.05, 4.69) is 19.2 Å². The van der Waals surface area contributed by atoms with E-state index in [0.717, 1.165) is 29.9 Å². The van der Waals surface area contributed by atoms with E-state index in [4.69, 9.17) is 9.47 Å². The third-order valence-electron chi connectivity index (χ3n) is 3.43. The number of hydrogen-bond acceptors (Lipinski definition) is 3. The highest BCUT2D eigenvalue weighted by Crippen LogP contribution is 2.37. The average Bonchev–Trinajstić information content (AvgIpc) is 2.41. The van der Waals surface area contributed by atoms with Crippen LogP contribution in [0.15, 0.2) is 18.2 Å². The Morgan fingerprint density at radius 3 is 2.30 bits per heavy atom. The summed E-state index contributed by atoms with van der Waals surface area (Å²) in [5.41, 5.74) is 0.789. The molecular formula is C16H23NO3. The summed E-state index contributed by atoms with van der Waals surface area (Å²) < 4.78 is 11.5. The maximum Gasteiger partial charge on any atom is 0.223 e. The molecule has 1 unspecified atom stereocenters. The van der Waals surface area contributed by atoms with E-state index in [1.54, 1.807) is 0 Å². The van der Waals surface area contributed by atoms with Crippen LogP contribution in [0.1, 0.15) is 45.6 Å². The predicted molar refractivity (Wildman–Crippen MR) is 78.1 cm³/mol. The number of hydrogen-bond donors (Lipinski definition) is 1. The Bertz CT molecular complexity index is 477. The van der Waals surface area contributed by atoms with E-state index >= 15 is 0 Å². The summed E-state index contributed by atoms with van der Waals surface area (Å²) in [4.78, 5) is 11.2. The minimum Gasteiger partial charge on any atom is -0.490 e. The zero-order chi connectivity index (χ0) is 14.6. The van der Waals surface area contributed by atoms with Crippen LogP contribution in [0.25, 0.3) is 0 Å². The molecule has 0 aromatic heterocycles. The van der Waals surface area contributed by atoms with Crippen molar-refractivity contribution in [1.82, 2.24) is 5.32 Å². The van der Waals surface area contributed by atoms with Gasteiger partial charge in [-0.2, -0.15) is 0 Å². The molecule has 0 radical (unpaired) electrons. The molecule has 1 atom stereocenters. The standard InChI is InChI=1S/C16H23NO3/c1-4-8-19-13-7-6-12(10-14(13)20-9-5-2)16(3)11-15(18)17-16/h6-7,10H,4-5,8-9,11H2,1-3H3,(H,17,18). The van der Waals surface area contributed by atoms with Gasteiger partial charge in [-0.15, -0.1) is 0 Å². The van der Waals surface area contributed by atoms with Gasteiger partial charge in [-0.25, -0.2) is 0 Å². The smallest absolute Gasteiger partial charge is 0.223 e. The van der Waals surface area contributed by atoms with Gasteiger partial charge in [0.15, 0.2) is 11.5 Å². The first kappa shape index (κ1) is 14.7. The Morgan fingerprint density at radius 2 is 1.75 bits per heavy atom. The van der Waals surface area contributed by atoms with Crippen LogP contribution >= 0.6 is 0 Å². The Hall–Kier alpha value is -1.71. The van der Waals surface area contributed by atoms with Crippen molar-refractivity contribution in [1.29, 1.82) is 0 Å². The second kappa shape index (κ2) is 6.16. The second-order valence-electron chi connectivity index (χ2n) is 5.42. The van der Waals surface area contributed by atoms with Gasteiger partial charge in [-0.1, -0.05) is 19.9 Å². The molecule has 0 saturated carbocycles. The van der Waals surface area contributed by atoms with Gasteiger partial charge < -0.3 is 14.8 Å². The first-order chi connectivity index (χ1) is 9.59. The molecule has 110 valence electrons. The van der Waals surface area contributed by atoms with E-state index in [-0.39, 0.29) is 11.4 Å². The van der Waals surface area contributed by atoms with Crippen LogP contribution in [-0.2, 0) is 10.3 Å². The van der Waals surface area contributed by atoms with Crippen molar-refractivity contribution in [3.63, 3.8) is 0 Å². The van der Waals surface area contributed by atoms with Crippen molar-refractivity contribution in [3.05, 3.63) is 23.8 Å². The van der Waals surface area contributed by atoms with Gasteiger partial charge in [0.25, 0.3) is 0 Å². The molecule has 4 heteroatoms. The average molecular weight is 277 g/mol. The van der Waals surface area contributed by atoms with E-state index in [1.165, 1.54) is 0 Å². The highest BCUT2D eigenvalue weighted by Gasteiger charge is 2.40. The lowest BCUT2D eigenvalue weighted by Gasteiger charge is -2.39. The summed E-state index contributed by atoms with van der Waals surface area (Å²) in [7, 11) is 0. The van der Waals surface area contributed by atoms with Crippen molar-refractivity contribution in [2.75, 3.05) is 13.2 Å². The normalized spacial score (nSPS) is 21.1. The maximum atomic E-state index is 11.2. The number of amides is 1. The van der Waals surface area contributed by atoms with Crippen LogP contribution in [0.4, 0.5) is 0 Å². The summed E-state index contributed by atoms with van der Waals surface area (Å²) in [6, 6.07) is 5.93. The monoisotopic (exact) mass is 277 g/mol. The molecule has 1 aliphatic rings. The summed E-state index contributed by atoms with van der Waals surface area (Å²) in [5, 5.41) is 2.95. The lowest BCUT2D eigenvalue weighted by Crippen LogP contribution is -2.56. The van der Waals surface area contributed by atoms with Crippen molar-refractivity contribution in [2.45, 2.75) is 45.6 Å². The highest BCUT2D eigenvalue weighted by atomic mass is 16.5. The SMILES string of the molecule is CCCOc1ccc(C2(C)CC(=O)N2)cc1OCCC. The lowest BCUT2D eigenvalue weighted by atomic mass is 9.82. The molecule has 1 saturated heterocycles. The molecule has 1 amide bonds. The zero-order valence-electron chi connectivity index (χ0n) is 12.5. The number of benzene rings is 1. The minimum atomic E-state index is -0.273. The molecule has 0 aliphatic carbocycles. The number of nitrogens with one attached hydrogen (secondary N) is 1. The van der Waals surface area contributed by atoms with Crippen LogP contribution in [0.2, 0.25) is 0 Å². The third kappa shape index (κ3) is 3.06. The molecule has 1 aromatic rings. The quantitative estimate of drug-likeness (QED) is 0.779. The highest BCUT2D eigenvalue weighted by molar-refractivity contribution is 5.85. The lowest BCUT2D eigenvalue weighted by molar-refractivity contribution is -0.132. The fourth-order valence-electron chi connectivity index (χ4n) is 2.29. The van der Waals surface area contributed by atoms with Crippen molar-refractivity contribution in [3.8, 4) is 11.5 Å². The van der Waals surface area contributed by atoms with Crippen LogP contribution in [0, 0.1) is 0 Å². The van der Waals surface area contributed by atoms with Crippen molar-refractivity contribution in [2.24, 2.45) is 0 Å². The fraction of sp³-hybridized carbons (Fsp3) is 0.562. The molecule has 1 heterocycles. The van der Waals surface area contributed by atoms with E-state index in [0.29, 0.717) is 19.6 Å². The maximum absolute atomic E-state index is 11.2. The Kier molecular flexibility index (Phi) is 4.53. The van der Waals surface area contributed by atoms with Crippen LogP contribution in [0.3, 0.4) is 0 Å². The number of carbonyl (C=O) groups is 1. The molecule has 20 heavy (non-hydrogen) atoms.